The molecule has 1 fully saturated rings. The third-order valence-electron chi connectivity index (χ3n) is 5.67. The Morgan fingerprint density at radius 3 is 2.20 bits per heavy atom. The van der Waals surface area contributed by atoms with Crippen molar-refractivity contribution in [2.24, 2.45) is 5.73 Å². The molecule has 2 heterocycles. The molecule has 2 aliphatic heterocycles. The topological polar surface area (TPSA) is 89.3 Å². The Morgan fingerprint density at radius 1 is 0.900 bits per heavy atom. The fourth-order valence-electron chi connectivity index (χ4n) is 4.05. The van der Waals surface area contributed by atoms with Crippen molar-refractivity contribution in [2.45, 2.75) is 5.92 Å². The number of piperazine rings is 1. The summed E-state index contributed by atoms with van der Waals surface area (Å²) in [6, 6.07) is 21.9. The second-order valence-electron chi connectivity index (χ2n) is 7.49. The van der Waals surface area contributed by atoms with Gasteiger partial charge in [-0.1, -0.05) is 48.5 Å². The van der Waals surface area contributed by atoms with Crippen molar-refractivity contribution >= 4 is 11.4 Å². The van der Waals surface area contributed by atoms with Crippen molar-refractivity contribution < 1.29 is 4.74 Å². The molecule has 2 aromatic carbocycles. The molecule has 1 atom stereocenters. The van der Waals surface area contributed by atoms with Crippen LogP contribution in [-0.2, 0) is 4.74 Å². The Balaban J connectivity index is 1.87. The first kappa shape index (κ1) is 19.6. The number of hydrogen-bond donors (Lipinski definition) is 1. The van der Waals surface area contributed by atoms with Crippen molar-refractivity contribution in [2.75, 3.05) is 38.1 Å². The van der Waals surface area contributed by atoms with Crippen LogP contribution in [0.25, 0.3) is 5.76 Å². The number of benzene rings is 2. The lowest BCUT2D eigenvalue weighted by molar-refractivity contribution is 0.312. The van der Waals surface area contributed by atoms with Gasteiger partial charge in [-0.25, -0.2) is 0 Å². The van der Waals surface area contributed by atoms with Crippen LogP contribution < -0.4 is 10.6 Å². The van der Waals surface area contributed by atoms with Gasteiger partial charge in [-0.3, -0.25) is 0 Å². The molecule has 6 heteroatoms. The average Bonchev–Trinajstić information content (AvgIpc) is 2.79. The Bertz CT molecular complexity index is 1080. The second-order valence-corrected chi connectivity index (χ2v) is 7.49. The molecule has 2 aliphatic rings. The molecule has 4 rings (SSSR count). The van der Waals surface area contributed by atoms with Crippen molar-refractivity contribution in [3.63, 3.8) is 0 Å². The lowest BCUT2D eigenvalue weighted by Crippen LogP contribution is -2.45. The van der Waals surface area contributed by atoms with E-state index in [-0.39, 0.29) is 11.5 Å². The van der Waals surface area contributed by atoms with Gasteiger partial charge in [0, 0.05) is 37.4 Å². The first-order valence-corrected chi connectivity index (χ1v) is 9.93. The second kappa shape index (κ2) is 8.32. The van der Waals surface area contributed by atoms with Crippen molar-refractivity contribution in [1.82, 2.24) is 4.90 Å². The minimum atomic E-state index is -0.570. The van der Waals surface area contributed by atoms with Crippen LogP contribution in [-0.4, -0.2) is 38.1 Å². The first-order chi connectivity index (χ1) is 14.6. The standard InChI is InChI=1S/C24H23N5O/c1-28-11-13-29(14-12-28)21-10-6-5-9-18(21)22-19(15-25)23(17-7-3-2-4-8-17)30-24(27)20(22)16-26/h2-10,22H,11-14,27H2,1H3. The summed E-state index contributed by atoms with van der Waals surface area (Å²) >= 11 is 0. The predicted octanol–water partition coefficient (Wildman–Crippen LogP) is 3.18. The van der Waals surface area contributed by atoms with E-state index in [1.807, 2.05) is 48.5 Å². The summed E-state index contributed by atoms with van der Waals surface area (Å²) in [6.07, 6.45) is 0. The van der Waals surface area contributed by atoms with Gasteiger partial charge in [0.2, 0.25) is 5.88 Å². The number of nitrogens with zero attached hydrogens (tertiary/aromatic N) is 4. The SMILES string of the molecule is CN1CCN(c2ccccc2C2C(C#N)=C(N)OC(c3ccccc3)=C2C#N)CC1. The Kier molecular flexibility index (Phi) is 5.43. The average molecular weight is 397 g/mol. The molecule has 0 amide bonds. The van der Waals surface area contributed by atoms with Crippen molar-refractivity contribution in [3.8, 4) is 12.1 Å². The van der Waals surface area contributed by atoms with Gasteiger partial charge >= 0.3 is 0 Å². The lowest BCUT2D eigenvalue weighted by atomic mass is 9.81. The number of rotatable bonds is 3. The summed E-state index contributed by atoms with van der Waals surface area (Å²) in [6.45, 7) is 3.69. The Labute approximate surface area is 176 Å². The van der Waals surface area contributed by atoms with Crippen LogP contribution in [0.1, 0.15) is 17.0 Å². The van der Waals surface area contributed by atoms with E-state index in [0.29, 0.717) is 11.3 Å². The van der Waals surface area contributed by atoms with E-state index in [1.165, 1.54) is 0 Å². The molecule has 1 unspecified atom stereocenters. The van der Waals surface area contributed by atoms with Crippen LogP contribution in [0.2, 0.25) is 0 Å². The molecule has 1 saturated heterocycles. The third kappa shape index (κ3) is 3.50. The van der Waals surface area contributed by atoms with Crippen LogP contribution in [0.15, 0.2) is 71.6 Å². The first-order valence-electron chi connectivity index (χ1n) is 9.93. The van der Waals surface area contributed by atoms with Gasteiger partial charge in [0.15, 0.2) is 5.76 Å². The van der Waals surface area contributed by atoms with Gasteiger partial charge in [-0.05, 0) is 18.7 Å². The van der Waals surface area contributed by atoms with Gasteiger partial charge < -0.3 is 20.3 Å². The van der Waals surface area contributed by atoms with E-state index in [0.717, 1.165) is 43.0 Å². The molecule has 2 aromatic rings. The third-order valence-corrected chi connectivity index (χ3v) is 5.67. The molecule has 6 nitrogen and oxygen atoms in total. The molecule has 30 heavy (non-hydrogen) atoms. The molecule has 150 valence electrons. The van der Waals surface area contributed by atoms with Gasteiger partial charge in [0.25, 0.3) is 0 Å². The largest absolute Gasteiger partial charge is 0.439 e. The molecule has 2 N–H and O–H groups in total. The molecule has 0 saturated carbocycles. The van der Waals surface area contributed by atoms with Crippen LogP contribution in [0.4, 0.5) is 5.69 Å². The van der Waals surface area contributed by atoms with Crippen LogP contribution in [0.3, 0.4) is 0 Å². The summed E-state index contributed by atoms with van der Waals surface area (Å²) in [4.78, 5) is 4.60. The van der Waals surface area contributed by atoms with Crippen LogP contribution in [0.5, 0.6) is 0 Å². The van der Waals surface area contributed by atoms with Crippen LogP contribution >= 0.6 is 0 Å². The van der Waals surface area contributed by atoms with E-state index in [1.54, 1.807) is 0 Å². The smallest absolute Gasteiger partial charge is 0.205 e. The molecule has 0 aromatic heterocycles. The summed E-state index contributed by atoms with van der Waals surface area (Å²) < 4.78 is 5.80. The molecule has 0 bridgehead atoms. The predicted molar refractivity (Wildman–Crippen MR) is 116 cm³/mol. The van der Waals surface area contributed by atoms with Gasteiger partial charge in [-0.15, -0.1) is 0 Å². The summed E-state index contributed by atoms with van der Waals surface area (Å²) in [5.41, 5.74) is 9.53. The molecule has 0 aliphatic carbocycles. The number of hydrogen-bond acceptors (Lipinski definition) is 6. The maximum Gasteiger partial charge on any atom is 0.205 e. The maximum atomic E-state index is 10.1. The molecular weight excluding hydrogens is 374 g/mol. The fraction of sp³-hybridized carbons (Fsp3) is 0.250. The van der Waals surface area contributed by atoms with Crippen molar-refractivity contribution in [3.05, 3.63) is 82.8 Å². The van der Waals surface area contributed by atoms with E-state index < -0.39 is 5.92 Å². The highest BCUT2D eigenvalue weighted by Gasteiger charge is 2.35. The van der Waals surface area contributed by atoms with Gasteiger partial charge in [0.05, 0.1) is 17.6 Å². The number of nitrogens with two attached hydrogens (primary N) is 1. The highest BCUT2D eigenvalue weighted by Crippen LogP contribution is 2.44. The summed E-state index contributed by atoms with van der Waals surface area (Å²) in [7, 11) is 2.11. The number of para-hydroxylation sites is 1. The number of ether oxygens (including phenoxy) is 1. The Morgan fingerprint density at radius 2 is 1.53 bits per heavy atom. The molecule has 0 spiro atoms. The zero-order valence-corrected chi connectivity index (χ0v) is 16.9. The molecular formula is C24H23N5O. The van der Waals surface area contributed by atoms with Gasteiger partial charge in [-0.2, -0.15) is 10.5 Å². The number of anilines is 1. The highest BCUT2D eigenvalue weighted by molar-refractivity contribution is 5.75. The van der Waals surface area contributed by atoms with E-state index in [4.69, 9.17) is 10.5 Å². The zero-order chi connectivity index (χ0) is 21.1. The van der Waals surface area contributed by atoms with Crippen LogP contribution in [0, 0.1) is 22.7 Å². The Hall–Kier alpha value is -3.74. The van der Waals surface area contributed by atoms with Crippen molar-refractivity contribution in [1.29, 1.82) is 10.5 Å². The lowest BCUT2D eigenvalue weighted by Gasteiger charge is -2.36. The van der Waals surface area contributed by atoms with E-state index in [9.17, 15) is 10.5 Å². The highest BCUT2D eigenvalue weighted by atomic mass is 16.5. The molecule has 0 radical (unpaired) electrons. The number of nitriles is 2. The minimum absolute atomic E-state index is 0.0496. The summed E-state index contributed by atoms with van der Waals surface area (Å²) in [5, 5.41) is 20.0. The minimum Gasteiger partial charge on any atom is -0.439 e. The normalized spacial score (nSPS) is 19.8. The monoisotopic (exact) mass is 397 g/mol. The summed E-state index contributed by atoms with van der Waals surface area (Å²) in [5.74, 6) is -0.110. The zero-order valence-electron chi connectivity index (χ0n) is 16.9. The fourth-order valence-corrected chi connectivity index (χ4v) is 4.05. The van der Waals surface area contributed by atoms with E-state index in [2.05, 4.69) is 35.1 Å². The van der Waals surface area contributed by atoms with Gasteiger partial charge in [0.1, 0.15) is 11.6 Å². The maximum absolute atomic E-state index is 10.1. The number of allylic oxidation sites excluding steroid dienone is 2. The quantitative estimate of drug-likeness (QED) is 0.856. The number of likely N-dealkylation sites (N-methyl/N-ethyl adjacent to an activating group) is 1. The van der Waals surface area contributed by atoms with E-state index >= 15 is 0 Å².